The molecule has 0 aliphatic rings. The van der Waals surface area contributed by atoms with Crippen LogP contribution in [0.5, 0.6) is 11.5 Å². The highest BCUT2D eigenvalue weighted by Gasteiger charge is 2.13. The van der Waals surface area contributed by atoms with Gasteiger partial charge in [0.05, 0.1) is 5.56 Å². The second-order valence-electron chi connectivity index (χ2n) is 4.56. The summed E-state index contributed by atoms with van der Waals surface area (Å²) in [5.74, 6) is 1.11. The third kappa shape index (κ3) is 2.94. The van der Waals surface area contributed by atoms with Gasteiger partial charge in [0.15, 0.2) is 0 Å². The van der Waals surface area contributed by atoms with E-state index < -0.39 is 0 Å². The van der Waals surface area contributed by atoms with Gasteiger partial charge in [-0.05, 0) is 36.6 Å². The molecule has 0 aliphatic heterocycles. The molecule has 0 aromatic heterocycles. The van der Waals surface area contributed by atoms with Gasteiger partial charge in [0.25, 0.3) is 0 Å². The zero-order valence-corrected chi connectivity index (χ0v) is 11.8. The number of hydrogen-bond donors (Lipinski definition) is 0. The fourth-order valence-corrected chi connectivity index (χ4v) is 2.11. The van der Waals surface area contributed by atoms with E-state index in [0.717, 1.165) is 11.1 Å². The second-order valence-corrected chi connectivity index (χ2v) is 4.56. The Hall–Kier alpha value is -3.04. The minimum Gasteiger partial charge on any atom is -0.455 e. The first kappa shape index (κ1) is 14.4. The van der Waals surface area contributed by atoms with E-state index in [9.17, 15) is 5.26 Å². The van der Waals surface area contributed by atoms with Gasteiger partial charge in [0.2, 0.25) is 0 Å². The Morgan fingerprint density at radius 2 is 1.90 bits per heavy atom. The van der Waals surface area contributed by atoms with Crippen molar-refractivity contribution in [2.75, 3.05) is 0 Å². The summed E-state index contributed by atoms with van der Waals surface area (Å²) in [7, 11) is 0. The maximum absolute atomic E-state index is 9.25. The Kier molecular flexibility index (Phi) is 4.39. The van der Waals surface area contributed by atoms with Crippen LogP contribution in [0.15, 0.2) is 49.1 Å². The number of para-hydroxylation sites is 1. The van der Waals surface area contributed by atoms with Crippen LogP contribution in [0, 0.1) is 29.6 Å². The van der Waals surface area contributed by atoms with Crippen molar-refractivity contribution in [2.24, 2.45) is 0 Å². The van der Waals surface area contributed by atoms with Gasteiger partial charge in [0, 0.05) is 0 Å². The van der Waals surface area contributed by atoms with E-state index in [2.05, 4.69) is 6.58 Å². The standard InChI is InChI=1S/C18H14N2O/c1-3-6-14-8-4-7-13(2)18(14)21-17-10-5-9-15(11-19)16(17)12-20/h3-5,7-10H,1,6H2,2H3. The average molecular weight is 274 g/mol. The Labute approximate surface area is 124 Å². The number of aryl methyl sites for hydroxylation is 1. The van der Waals surface area contributed by atoms with Crippen LogP contribution in [0.2, 0.25) is 0 Å². The molecule has 0 spiro atoms. The van der Waals surface area contributed by atoms with Gasteiger partial charge in [-0.2, -0.15) is 10.5 Å². The first-order valence-electron chi connectivity index (χ1n) is 6.51. The van der Waals surface area contributed by atoms with Crippen LogP contribution in [-0.4, -0.2) is 0 Å². The first-order chi connectivity index (χ1) is 10.2. The molecular formula is C18H14N2O. The summed E-state index contributed by atoms with van der Waals surface area (Å²) in [4.78, 5) is 0. The molecule has 102 valence electrons. The van der Waals surface area contributed by atoms with Crippen molar-refractivity contribution in [3.8, 4) is 23.6 Å². The van der Waals surface area contributed by atoms with Crippen LogP contribution >= 0.6 is 0 Å². The number of rotatable bonds is 4. The number of hydrogen-bond acceptors (Lipinski definition) is 3. The van der Waals surface area contributed by atoms with Crippen molar-refractivity contribution in [1.29, 1.82) is 10.5 Å². The molecule has 21 heavy (non-hydrogen) atoms. The van der Waals surface area contributed by atoms with Crippen molar-refractivity contribution in [3.05, 3.63) is 71.3 Å². The molecule has 0 saturated heterocycles. The summed E-state index contributed by atoms with van der Waals surface area (Å²) in [6.07, 6.45) is 2.48. The van der Waals surface area contributed by atoms with E-state index in [1.54, 1.807) is 24.3 Å². The second kappa shape index (κ2) is 6.41. The topological polar surface area (TPSA) is 56.8 Å². The number of benzene rings is 2. The fraction of sp³-hybridized carbons (Fsp3) is 0.111. The van der Waals surface area contributed by atoms with Crippen molar-refractivity contribution in [2.45, 2.75) is 13.3 Å². The Morgan fingerprint density at radius 1 is 1.14 bits per heavy atom. The molecular weight excluding hydrogens is 260 g/mol. The third-order valence-corrected chi connectivity index (χ3v) is 3.13. The largest absolute Gasteiger partial charge is 0.455 e. The van der Waals surface area contributed by atoms with Gasteiger partial charge < -0.3 is 4.74 Å². The van der Waals surface area contributed by atoms with Crippen LogP contribution in [-0.2, 0) is 6.42 Å². The lowest BCUT2D eigenvalue weighted by Gasteiger charge is -2.14. The van der Waals surface area contributed by atoms with Crippen LogP contribution in [0.25, 0.3) is 0 Å². The van der Waals surface area contributed by atoms with Crippen LogP contribution in [0.1, 0.15) is 22.3 Å². The summed E-state index contributed by atoms with van der Waals surface area (Å²) in [5.41, 5.74) is 2.54. The smallest absolute Gasteiger partial charge is 0.146 e. The van der Waals surface area contributed by atoms with E-state index in [4.69, 9.17) is 10.00 Å². The molecule has 0 radical (unpaired) electrons. The van der Waals surface area contributed by atoms with Crippen molar-refractivity contribution in [3.63, 3.8) is 0 Å². The molecule has 2 rings (SSSR count). The van der Waals surface area contributed by atoms with Crippen molar-refractivity contribution < 1.29 is 4.74 Å². The quantitative estimate of drug-likeness (QED) is 0.783. The zero-order chi connectivity index (χ0) is 15.2. The summed E-state index contributed by atoms with van der Waals surface area (Å²) in [6.45, 7) is 5.69. The molecule has 2 aromatic carbocycles. The Balaban J connectivity index is 2.52. The SMILES string of the molecule is C=CCc1cccc(C)c1Oc1cccc(C#N)c1C#N. The van der Waals surface area contributed by atoms with Gasteiger partial charge in [-0.1, -0.05) is 30.3 Å². The van der Waals surface area contributed by atoms with Crippen molar-refractivity contribution >= 4 is 0 Å². The lowest BCUT2D eigenvalue weighted by Crippen LogP contribution is -1.97. The average Bonchev–Trinajstić information content (AvgIpc) is 2.50. The molecule has 3 heteroatoms. The zero-order valence-electron chi connectivity index (χ0n) is 11.8. The normalized spacial score (nSPS) is 9.48. The number of nitriles is 2. The Bertz CT molecular complexity index is 764. The highest BCUT2D eigenvalue weighted by molar-refractivity contribution is 5.56. The van der Waals surface area contributed by atoms with Crippen LogP contribution in [0.4, 0.5) is 0 Å². The lowest BCUT2D eigenvalue weighted by molar-refractivity contribution is 0.472. The van der Waals surface area contributed by atoms with Gasteiger partial charge >= 0.3 is 0 Å². The highest BCUT2D eigenvalue weighted by Crippen LogP contribution is 2.32. The maximum Gasteiger partial charge on any atom is 0.146 e. The molecule has 0 saturated carbocycles. The molecule has 0 unspecified atom stereocenters. The molecule has 0 heterocycles. The van der Waals surface area contributed by atoms with Crippen molar-refractivity contribution in [1.82, 2.24) is 0 Å². The molecule has 0 aliphatic carbocycles. The predicted molar refractivity (Wildman–Crippen MR) is 81.0 cm³/mol. The predicted octanol–water partition coefficient (Wildman–Crippen LogP) is 4.26. The van der Waals surface area contributed by atoms with Gasteiger partial charge in [-0.25, -0.2) is 0 Å². The number of allylic oxidation sites excluding steroid dienone is 1. The van der Waals surface area contributed by atoms with Crippen LogP contribution in [0.3, 0.4) is 0 Å². The van der Waals surface area contributed by atoms with E-state index in [0.29, 0.717) is 23.5 Å². The van der Waals surface area contributed by atoms with E-state index in [1.165, 1.54) is 0 Å². The first-order valence-corrected chi connectivity index (χ1v) is 6.51. The summed E-state index contributed by atoms with van der Waals surface area (Å²) in [5, 5.41) is 18.3. The van der Waals surface area contributed by atoms with E-state index in [-0.39, 0.29) is 5.56 Å². The minimum absolute atomic E-state index is 0.257. The highest BCUT2D eigenvalue weighted by atomic mass is 16.5. The summed E-state index contributed by atoms with van der Waals surface area (Å²) >= 11 is 0. The number of nitrogens with zero attached hydrogens (tertiary/aromatic N) is 2. The molecule has 0 bridgehead atoms. The molecule has 0 amide bonds. The van der Waals surface area contributed by atoms with E-state index >= 15 is 0 Å². The summed E-state index contributed by atoms with van der Waals surface area (Å²) < 4.78 is 5.94. The molecule has 2 aromatic rings. The van der Waals surface area contributed by atoms with Gasteiger partial charge in [0.1, 0.15) is 29.2 Å². The third-order valence-electron chi connectivity index (χ3n) is 3.13. The van der Waals surface area contributed by atoms with Gasteiger partial charge in [-0.3, -0.25) is 0 Å². The molecule has 0 fully saturated rings. The van der Waals surface area contributed by atoms with Gasteiger partial charge in [-0.15, -0.1) is 6.58 Å². The summed E-state index contributed by atoms with van der Waals surface area (Å²) in [6, 6.07) is 14.9. The molecule has 0 atom stereocenters. The minimum atomic E-state index is 0.257. The number of ether oxygens (including phenoxy) is 1. The fourth-order valence-electron chi connectivity index (χ4n) is 2.11. The molecule has 3 nitrogen and oxygen atoms in total. The monoisotopic (exact) mass is 274 g/mol. The Morgan fingerprint density at radius 3 is 2.57 bits per heavy atom. The van der Waals surface area contributed by atoms with E-state index in [1.807, 2.05) is 37.3 Å². The maximum atomic E-state index is 9.25. The van der Waals surface area contributed by atoms with Crippen LogP contribution < -0.4 is 4.74 Å². The molecule has 0 N–H and O–H groups in total. The lowest BCUT2D eigenvalue weighted by atomic mass is 10.1.